The first-order chi connectivity index (χ1) is 13.7. The maximum atomic E-state index is 12.6. The lowest BCUT2D eigenvalue weighted by Crippen LogP contribution is -2.36. The third-order valence-corrected chi connectivity index (χ3v) is 3.74. The fourth-order valence-corrected chi connectivity index (χ4v) is 2.39. The van der Waals surface area contributed by atoms with Crippen LogP contribution in [0.25, 0.3) is 6.08 Å². The minimum atomic E-state index is -0.413. The lowest BCUT2D eigenvalue weighted by atomic mass is 10.2. The molecule has 0 bridgehead atoms. The summed E-state index contributed by atoms with van der Waals surface area (Å²) >= 11 is 0. The van der Waals surface area contributed by atoms with Crippen molar-refractivity contribution >= 4 is 23.7 Å². The Kier molecular flexibility index (Phi) is 6.57. The average molecular weight is 376 g/mol. The summed E-state index contributed by atoms with van der Waals surface area (Å²) in [5, 5.41) is 8.52. The molecule has 2 aromatic heterocycles. The second-order valence-electron chi connectivity index (χ2n) is 5.79. The maximum absolute atomic E-state index is 12.6. The number of pyridine rings is 1. The molecule has 0 spiro atoms. The van der Waals surface area contributed by atoms with Gasteiger partial charge in [0.2, 0.25) is 0 Å². The Morgan fingerprint density at radius 2 is 1.79 bits per heavy atom. The summed E-state index contributed by atoms with van der Waals surface area (Å²) in [6.07, 6.45) is 4.67. The van der Waals surface area contributed by atoms with Crippen molar-refractivity contribution in [2.24, 2.45) is 0 Å². The van der Waals surface area contributed by atoms with Gasteiger partial charge < -0.3 is 20.4 Å². The highest BCUT2D eigenvalue weighted by atomic mass is 16.3. The van der Waals surface area contributed by atoms with Crippen LogP contribution in [0.3, 0.4) is 0 Å². The number of hydrogen-bond acceptors (Lipinski definition) is 5. The van der Waals surface area contributed by atoms with Crippen LogP contribution in [0.2, 0.25) is 0 Å². The van der Waals surface area contributed by atoms with Gasteiger partial charge in [0.25, 0.3) is 11.8 Å². The number of nitrogens with zero attached hydrogens (tertiary/aromatic N) is 1. The zero-order chi connectivity index (χ0) is 19.6. The first-order valence-electron chi connectivity index (χ1n) is 8.77. The van der Waals surface area contributed by atoms with E-state index in [4.69, 9.17) is 4.42 Å². The van der Waals surface area contributed by atoms with E-state index in [0.717, 1.165) is 5.82 Å². The number of aromatic nitrogens is 1. The van der Waals surface area contributed by atoms with E-state index in [9.17, 15) is 9.59 Å². The first-order valence-corrected chi connectivity index (χ1v) is 8.77. The van der Waals surface area contributed by atoms with Crippen LogP contribution in [-0.2, 0) is 4.79 Å². The molecule has 1 aromatic carbocycles. The minimum Gasteiger partial charge on any atom is -0.465 e. The molecule has 0 unspecified atom stereocenters. The summed E-state index contributed by atoms with van der Waals surface area (Å²) in [5.41, 5.74) is 0.555. The fourth-order valence-electron chi connectivity index (χ4n) is 2.39. The topological polar surface area (TPSA) is 96.3 Å². The second-order valence-corrected chi connectivity index (χ2v) is 5.79. The minimum absolute atomic E-state index is 0.0987. The summed E-state index contributed by atoms with van der Waals surface area (Å²) in [7, 11) is 0. The van der Waals surface area contributed by atoms with Crippen molar-refractivity contribution in [3.63, 3.8) is 0 Å². The van der Waals surface area contributed by atoms with E-state index in [2.05, 4.69) is 20.9 Å². The van der Waals surface area contributed by atoms with E-state index in [0.29, 0.717) is 24.4 Å². The van der Waals surface area contributed by atoms with Crippen LogP contribution in [0, 0.1) is 0 Å². The summed E-state index contributed by atoms with van der Waals surface area (Å²) in [4.78, 5) is 29.1. The normalized spacial score (nSPS) is 10.9. The lowest BCUT2D eigenvalue weighted by molar-refractivity contribution is -0.117. The predicted octanol–water partition coefficient (Wildman–Crippen LogP) is 2.67. The largest absolute Gasteiger partial charge is 0.465 e. The molecule has 0 atom stereocenters. The van der Waals surface area contributed by atoms with E-state index in [1.807, 2.05) is 24.3 Å². The number of rotatable bonds is 8. The van der Waals surface area contributed by atoms with Crippen molar-refractivity contribution in [1.29, 1.82) is 0 Å². The number of anilines is 1. The van der Waals surface area contributed by atoms with Crippen LogP contribution in [0.5, 0.6) is 0 Å². The molecule has 28 heavy (non-hydrogen) atoms. The van der Waals surface area contributed by atoms with Crippen molar-refractivity contribution in [3.8, 4) is 0 Å². The summed E-state index contributed by atoms with van der Waals surface area (Å²) in [5.74, 6) is 0.397. The zero-order valence-electron chi connectivity index (χ0n) is 15.1. The van der Waals surface area contributed by atoms with Gasteiger partial charge in [0.05, 0.1) is 6.26 Å². The molecule has 0 aliphatic heterocycles. The van der Waals surface area contributed by atoms with Crippen molar-refractivity contribution in [3.05, 3.63) is 90.1 Å². The van der Waals surface area contributed by atoms with E-state index in [1.165, 1.54) is 12.3 Å². The number of hydrogen-bond donors (Lipinski definition) is 3. The number of carbonyl (C=O) groups is 2. The maximum Gasteiger partial charge on any atom is 0.268 e. The number of nitrogens with one attached hydrogen (secondary N) is 3. The van der Waals surface area contributed by atoms with Gasteiger partial charge in [-0.2, -0.15) is 0 Å². The van der Waals surface area contributed by atoms with E-state index in [1.54, 1.807) is 42.6 Å². The van der Waals surface area contributed by atoms with Gasteiger partial charge in [-0.05, 0) is 36.4 Å². The van der Waals surface area contributed by atoms with E-state index < -0.39 is 5.91 Å². The Balaban J connectivity index is 1.61. The van der Waals surface area contributed by atoms with Gasteiger partial charge in [-0.25, -0.2) is 4.98 Å². The Labute approximate surface area is 162 Å². The van der Waals surface area contributed by atoms with Crippen LogP contribution in [-0.4, -0.2) is 29.9 Å². The third-order valence-electron chi connectivity index (χ3n) is 3.74. The SMILES string of the molecule is O=C(NCCNc1ccccn1)C(=Cc1ccco1)NC(=O)c1ccccc1. The molecule has 0 saturated carbocycles. The van der Waals surface area contributed by atoms with Gasteiger partial charge >= 0.3 is 0 Å². The number of furan rings is 1. The van der Waals surface area contributed by atoms with Crippen molar-refractivity contribution in [2.45, 2.75) is 0 Å². The molecule has 0 aliphatic carbocycles. The van der Waals surface area contributed by atoms with Gasteiger partial charge in [0.1, 0.15) is 17.3 Å². The molecule has 3 aromatic rings. The van der Waals surface area contributed by atoms with Crippen LogP contribution in [0.1, 0.15) is 16.1 Å². The number of carbonyl (C=O) groups excluding carboxylic acids is 2. The van der Waals surface area contributed by atoms with Crippen LogP contribution in [0.4, 0.5) is 5.82 Å². The van der Waals surface area contributed by atoms with Gasteiger partial charge in [-0.3, -0.25) is 9.59 Å². The zero-order valence-corrected chi connectivity index (χ0v) is 15.1. The van der Waals surface area contributed by atoms with Crippen LogP contribution >= 0.6 is 0 Å². The average Bonchev–Trinajstić information content (AvgIpc) is 3.25. The molecule has 3 rings (SSSR count). The molecule has 142 valence electrons. The van der Waals surface area contributed by atoms with Gasteiger partial charge in [-0.15, -0.1) is 0 Å². The highest BCUT2D eigenvalue weighted by Crippen LogP contribution is 2.08. The molecule has 0 saturated heterocycles. The van der Waals surface area contributed by atoms with Crippen LogP contribution < -0.4 is 16.0 Å². The summed E-state index contributed by atoms with van der Waals surface area (Å²) < 4.78 is 5.26. The summed E-state index contributed by atoms with van der Waals surface area (Å²) in [6.45, 7) is 0.843. The van der Waals surface area contributed by atoms with Crippen LogP contribution in [0.15, 0.2) is 83.2 Å². The number of amides is 2. The lowest BCUT2D eigenvalue weighted by Gasteiger charge is -2.11. The first kappa shape index (κ1) is 18.9. The quantitative estimate of drug-likeness (QED) is 0.415. The molecule has 0 fully saturated rings. The highest BCUT2D eigenvalue weighted by Gasteiger charge is 2.14. The monoisotopic (exact) mass is 376 g/mol. The Bertz CT molecular complexity index is 923. The van der Waals surface area contributed by atoms with Crippen molar-refractivity contribution in [1.82, 2.24) is 15.6 Å². The fraction of sp³-hybridized carbons (Fsp3) is 0.0952. The molecular weight excluding hydrogens is 356 g/mol. The Morgan fingerprint density at radius 3 is 2.50 bits per heavy atom. The third kappa shape index (κ3) is 5.57. The molecule has 2 heterocycles. The molecule has 7 nitrogen and oxygen atoms in total. The van der Waals surface area contributed by atoms with Gasteiger partial charge in [0, 0.05) is 30.9 Å². The molecule has 3 N–H and O–H groups in total. The number of benzene rings is 1. The standard InChI is InChI=1S/C21H20N4O3/c26-20(16-7-2-1-3-8-16)25-18(15-17-9-6-14-28-17)21(27)24-13-12-23-19-10-4-5-11-22-19/h1-11,14-15H,12-13H2,(H,22,23)(H,24,27)(H,25,26). The molecular formula is C21H20N4O3. The van der Waals surface area contributed by atoms with E-state index in [-0.39, 0.29) is 11.6 Å². The smallest absolute Gasteiger partial charge is 0.268 e. The van der Waals surface area contributed by atoms with Gasteiger partial charge in [0.15, 0.2) is 0 Å². The Hall–Kier alpha value is -3.87. The summed E-state index contributed by atoms with van der Waals surface area (Å²) in [6, 6.07) is 17.6. The van der Waals surface area contributed by atoms with E-state index >= 15 is 0 Å². The molecule has 0 aliphatic rings. The van der Waals surface area contributed by atoms with Gasteiger partial charge in [-0.1, -0.05) is 24.3 Å². The second kappa shape index (κ2) is 9.72. The van der Waals surface area contributed by atoms with Crippen molar-refractivity contribution < 1.29 is 14.0 Å². The predicted molar refractivity (Wildman–Crippen MR) is 106 cm³/mol. The Morgan fingerprint density at radius 1 is 0.964 bits per heavy atom. The highest BCUT2D eigenvalue weighted by molar-refractivity contribution is 6.05. The van der Waals surface area contributed by atoms with Crippen molar-refractivity contribution in [2.75, 3.05) is 18.4 Å². The molecule has 0 radical (unpaired) electrons. The molecule has 2 amide bonds. The molecule has 7 heteroatoms.